The van der Waals surface area contributed by atoms with E-state index in [1.807, 2.05) is 42.3 Å². The SMILES string of the molecule is CC(C)(C)[O-].CN(C)P(=O)(N(C)C)N(C)C.[K+]. The molecule has 0 fully saturated rings. The van der Waals surface area contributed by atoms with E-state index in [1.54, 1.807) is 34.8 Å². The van der Waals surface area contributed by atoms with Crippen LogP contribution in [-0.2, 0) is 4.57 Å². The molecule has 0 aromatic rings. The molecule has 5 nitrogen and oxygen atoms in total. The second-order valence-corrected chi connectivity index (χ2v) is 8.59. The minimum atomic E-state index is -2.44. The predicted molar refractivity (Wildman–Crippen MR) is 68.4 cm³/mol. The first kappa shape index (κ1) is 23.8. The van der Waals surface area contributed by atoms with Gasteiger partial charge >= 0.3 is 51.4 Å². The summed E-state index contributed by atoms with van der Waals surface area (Å²) < 4.78 is 17.3. The van der Waals surface area contributed by atoms with E-state index in [9.17, 15) is 9.67 Å². The van der Waals surface area contributed by atoms with Gasteiger partial charge in [-0.2, -0.15) is 0 Å². The van der Waals surface area contributed by atoms with Crippen molar-refractivity contribution in [2.45, 2.75) is 26.4 Å². The first-order chi connectivity index (χ1) is 6.83. The molecule has 0 atom stereocenters. The number of rotatable bonds is 3. The van der Waals surface area contributed by atoms with Crippen LogP contribution in [0.4, 0.5) is 0 Å². The molecule has 0 N–H and O–H groups in total. The Balaban J connectivity index is -0.000000280. The molecule has 0 saturated heterocycles. The van der Waals surface area contributed by atoms with E-state index in [-0.39, 0.29) is 51.4 Å². The molecule has 7 heteroatoms. The molecule has 0 radical (unpaired) electrons. The van der Waals surface area contributed by atoms with Crippen LogP contribution in [0.5, 0.6) is 0 Å². The van der Waals surface area contributed by atoms with E-state index in [4.69, 9.17) is 0 Å². The summed E-state index contributed by atoms with van der Waals surface area (Å²) in [7, 11) is 8.49. The van der Waals surface area contributed by atoms with Crippen LogP contribution in [0, 0.1) is 0 Å². The Kier molecular flexibility index (Phi) is 13.4. The molecule has 0 rings (SSSR count). The minimum Gasteiger partial charge on any atom is -0.850 e. The summed E-state index contributed by atoms with van der Waals surface area (Å²) in [6, 6.07) is 0. The summed E-state index contributed by atoms with van der Waals surface area (Å²) >= 11 is 0. The van der Waals surface area contributed by atoms with Crippen LogP contribution in [0.15, 0.2) is 0 Å². The van der Waals surface area contributed by atoms with Gasteiger partial charge in [0.2, 0.25) is 0 Å². The van der Waals surface area contributed by atoms with Crippen molar-refractivity contribution in [1.29, 1.82) is 0 Å². The van der Waals surface area contributed by atoms with E-state index in [0.29, 0.717) is 0 Å². The van der Waals surface area contributed by atoms with Gasteiger partial charge in [0.15, 0.2) is 0 Å². The van der Waals surface area contributed by atoms with Gasteiger partial charge in [-0.15, -0.1) is 5.60 Å². The van der Waals surface area contributed by atoms with Crippen LogP contribution < -0.4 is 56.5 Å². The molecule has 0 aliphatic rings. The molecule has 0 unspecified atom stereocenters. The van der Waals surface area contributed by atoms with Crippen molar-refractivity contribution < 1.29 is 61.1 Å². The number of hydrogen-bond acceptors (Lipinski definition) is 2. The fourth-order valence-electron chi connectivity index (χ4n) is 1.07. The van der Waals surface area contributed by atoms with Crippen molar-refractivity contribution in [3.05, 3.63) is 0 Å². The van der Waals surface area contributed by atoms with E-state index >= 15 is 0 Å². The monoisotopic (exact) mass is 291 g/mol. The average Bonchev–Trinajstić information content (AvgIpc) is 1.98. The van der Waals surface area contributed by atoms with Crippen LogP contribution in [0.1, 0.15) is 20.8 Å². The Morgan fingerprint density at radius 1 is 0.824 bits per heavy atom. The predicted octanol–water partition coefficient (Wildman–Crippen LogP) is -2.07. The standard InChI is InChI=1S/C6H18N3OP.C4H9O.K/c1-7(2)11(10,8(3)4)9(5)6;1-4(2,3)5;/h1-6H3;1-3H3;/q;-1;+1. The molecule has 0 aromatic carbocycles. The molecule has 0 saturated carbocycles. The summed E-state index contributed by atoms with van der Waals surface area (Å²) in [4.78, 5) is 0. The van der Waals surface area contributed by atoms with Gasteiger partial charge in [0, 0.05) is 0 Å². The van der Waals surface area contributed by atoms with Gasteiger partial charge in [-0.3, -0.25) is 4.57 Å². The molecule has 0 bridgehead atoms. The third kappa shape index (κ3) is 11.2. The van der Waals surface area contributed by atoms with Crippen molar-refractivity contribution >= 4 is 7.59 Å². The van der Waals surface area contributed by atoms with Crippen molar-refractivity contribution in [2.24, 2.45) is 0 Å². The van der Waals surface area contributed by atoms with Gasteiger partial charge < -0.3 is 5.11 Å². The second-order valence-electron chi connectivity index (χ2n) is 5.17. The first-order valence-electron chi connectivity index (χ1n) is 5.17. The number of hydrogen-bond donors (Lipinski definition) is 0. The smallest absolute Gasteiger partial charge is 0.850 e. The zero-order valence-electron chi connectivity index (χ0n) is 13.1. The van der Waals surface area contributed by atoms with Crippen molar-refractivity contribution in [1.82, 2.24) is 14.0 Å². The topological polar surface area (TPSA) is 49.9 Å². The van der Waals surface area contributed by atoms with Gasteiger partial charge in [-0.1, -0.05) is 20.8 Å². The zero-order chi connectivity index (χ0) is 13.7. The third-order valence-corrected chi connectivity index (χ3v) is 4.69. The van der Waals surface area contributed by atoms with E-state index in [1.165, 1.54) is 0 Å². The van der Waals surface area contributed by atoms with Crippen molar-refractivity contribution in [2.75, 3.05) is 42.3 Å². The van der Waals surface area contributed by atoms with E-state index < -0.39 is 13.2 Å². The summed E-state index contributed by atoms with van der Waals surface area (Å²) in [5.41, 5.74) is -0.750. The fraction of sp³-hybridized carbons (Fsp3) is 1.00. The van der Waals surface area contributed by atoms with Gasteiger partial charge in [0.25, 0.3) is 7.59 Å². The van der Waals surface area contributed by atoms with Gasteiger partial charge in [0.1, 0.15) is 0 Å². The van der Waals surface area contributed by atoms with E-state index in [2.05, 4.69) is 0 Å². The maximum atomic E-state index is 12.1. The fourth-order valence-corrected chi connectivity index (χ4v) is 3.22. The average molecular weight is 291 g/mol. The Bertz CT molecular complexity index is 206. The normalized spacial score (nSPS) is 12.3. The molecule has 100 valence electrons. The maximum absolute atomic E-state index is 12.1. The molecule has 0 aliphatic carbocycles. The maximum Gasteiger partial charge on any atom is 1.00 e. The third-order valence-electron chi connectivity index (χ3n) is 1.56. The number of nitrogens with zero attached hydrogens (tertiary/aromatic N) is 3. The Morgan fingerprint density at radius 3 is 0.941 bits per heavy atom. The molecular weight excluding hydrogens is 264 g/mol. The Labute approximate surface area is 149 Å². The molecule has 0 aromatic heterocycles. The molecule has 17 heavy (non-hydrogen) atoms. The molecule has 0 aliphatic heterocycles. The molecule has 0 amide bonds. The first-order valence-corrected chi connectivity index (χ1v) is 6.74. The Hall–Kier alpha value is 1.71. The van der Waals surface area contributed by atoms with Crippen molar-refractivity contribution in [3.8, 4) is 0 Å². The summed E-state index contributed by atoms with van der Waals surface area (Å²) in [6.45, 7) is 4.90. The molecular formula is C10H27KN3O2P. The largest absolute Gasteiger partial charge is 1.00 e. The zero-order valence-corrected chi connectivity index (χ0v) is 17.1. The summed E-state index contributed by atoms with van der Waals surface area (Å²) in [6.07, 6.45) is 0. The minimum absolute atomic E-state index is 0. The van der Waals surface area contributed by atoms with Crippen LogP contribution in [-0.4, -0.2) is 61.9 Å². The quantitative estimate of drug-likeness (QED) is 0.442. The second kappa shape index (κ2) is 9.59. The van der Waals surface area contributed by atoms with Gasteiger partial charge in [-0.25, -0.2) is 14.0 Å². The summed E-state index contributed by atoms with van der Waals surface area (Å²) in [5.74, 6) is 0. The van der Waals surface area contributed by atoms with Crippen LogP contribution in [0.25, 0.3) is 0 Å². The van der Waals surface area contributed by atoms with Crippen LogP contribution in [0.2, 0.25) is 0 Å². The van der Waals surface area contributed by atoms with Crippen LogP contribution >= 0.6 is 7.59 Å². The molecule has 0 heterocycles. The van der Waals surface area contributed by atoms with Crippen molar-refractivity contribution in [3.63, 3.8) is 0 Å². The van der Waals surface area contributed by atoms with E-state index in [0.717, 1.165) is 0 Å². The van der Waals surface area contributed by atoms with Gasteiger partial charge in [0.05, 0.1) is 0 Å². The van der Waals surface area contributed by atoms with Crippen LogP contribution in [0.3, 0.4) is 0 Å². The molecule has 0 spiro atoms. The van der Waals surface area contributed by atoms with Gasteiger partial charge in [-0.05, 0) is 42.3 Å². The Morgan fingerprint density at radius 2 is 0.941 bits per heavy atom. The summed E-state index contributed by atoms with van der Waals surface area (Å²) in [5, 5.41) is 10.1.